The molecule has 2 aliphatic heterocycles. The highest BCUT2D eigenvalue weighted by Gasteiger charge is 2.27. The Kier molecular flexibility index (Phi) is 6.91. The van der Waals surface area contributed by atoms with Gasteiger partial charge >= 0.3 is 0 Å². The lowest BCUT2D eigenvalue weighted by atomic mass is 9.78. The zero-order chi connectivity index (χ0) is 22.6. The van der Waals surface area contributed by atoms with Crippen molar-refractivity contribution in [2.45, 2.75) is 44.9 Å². The Labute approximate surface area is 195 Å². The number of halogens is 1. The molecule has 1 saturated carbocycles. The summed E-state index contributed by atoms with van der Waals surface area (Å²) >= 11 is 0. The number of carbonyl (C=O) groups excluding carboxylic acids is 1. The number of carbonyl (C=O) groups is 1. The second-order valence-corrected chi connectivity index (χ2v) is 9.86. The van der Waals surface area contributed by atoms with E-state index in [1.165, 1.54) is 37.0 Å². The third-order valence-corrected chi connectivity index (χ3v) is 7.72. The Morgan fingerprint density at radius 3 is 2.48 bits per heavy atom. The van der Waals surface area contributed by atoms with Crippen LogP contribution in [0.5, 0.6) is 5.75 Å². The normalized spacial score (nSPS) is 23.2. The van der Waals surface area contributed by atoms with Gasteiger partial charge in [-0.1, -0.05) is 12.8 Å². The number of rotatable bonds is 7. The van der Waals surface area contributed by atoms with Crippen LogP contribution in [-0.4, -0.2) is 55.0 Å². The van der Waals surface area contributed by atoms with E-state index < -0.39 is 0 Å². The highest BCUT2D eigenvalue weighted by molar-refractivity contribution is 5.96. The minimum Gasteiger partial charge on any atom is -0.489 e. The molecular formula is C27H34FN3O2. The minimum atomic E-state index is -0.289. The molecule has 1 aromatic heterocycles. The standard InChI is InChI=1S/C27H34FN3O2/c28-24-7-5-22(6-8-24)25(32)19-21-3-1-20(2-4-21)10-13-30-14-16-31(17-15-30)27-26-23(9-12-29-27)11-18-33-26/h5-9,12,20-21H,1-4,10-11,13-19H2. The quantitative estimate of drug-likeness (QED) is 0.569. The highest BCUT2D eigenvalue weighted by Crippen LogP contribution is 2.35. The topological polar surface area (TPSA) is 45.7 Å². The van der Waals surface area contributed by atoms with Gasteiger partial charge in [-0.3, -0.25) is 9.69 Å². The Morgan fingerprint density at radius 1 is 1.00 bits per heavy atom. The molecule has 0 amide bonds. The number of ketones is 1. The molecule has 0 spiro atoms. The Hall–Kier alpha value is -2.47. The van der Waals surface area contributed by atoms with Crippen LogP contribution in [0.25, 0.3) is 0 Å². The summed E-state index contributed by atoms with van der Waals surface area (Å²) in [6.07, 6.45) is 9.47. The number of Topliss-reactive ketones (excluding diaryl/α,β-unsaturated/α-hetero) is 1. The Morgan fingerprint density at radius 2 is 1.73 bits per heavy atom. The van der Waals surface area contributed by atoms with Crippen molar-refractivity contribution in [3.8, 4) is 5.75 Å². The van der Waals surface area contributed by atoms with E-state index in [1.807, 2.05) is 6.20 Å². The maximum Gasteiger partial charge on any atom is 0.171 e. The van der Waals surface area contributed by atoms with Crippen molar-refractivity contribution in [2.24, 2.45) is 11.8 Å². The number of fused-ring (bicyclic) bond motifs is 1. The molecule has 176 valence electrons. The molecule has 2 fully saturated rings. The highest BCUT2D eigenvalue weighted by atomic mass is 19.1. The summed E-state index contributed by atoms with van der Waals surface area (Å²) in [5.41, 5.74) is 1.93. The first-order chi connectivity index (χ1) is 16.2. The van der Waals surface area contributed by atoms with Crippen LogP contribution in [0.15, 0.2) is 36.5 Å². The third-order valence-electron chi connectivity index (χ3n) is 7.72. The number of nitrogens with zero attached hydrogens (tertiary/aromatic N) is 3. The van der Waals surface area contributed by atoms with E-state index >= 15 is 0 Å². The van der Waals surface area contributed by atoms with Crippen molar-refractivity contribution in [3.63, 3.8) is 0 Å². The Balaban J connectivity index is 1.02. The zero-order valence-corrected chi connectivity index (χ0v) is 19.3. The number of benzene rings is 1. The van der Waals surface area contributed by atoms with Crippen molar-refractivity contribution in [3.05, 3.63) is 53.5 Å². The fraction of sp³-hybridized carbons (Fsp3) is 0.556. The molecule has 0 radical (unpaired) electrons. The van der Waals surface area contributed by atoms with Gasteiger partial charge in [-0.05, 0) is 68.0 Å². The number of ether oxygens (including phenoxy) is 1. The first-order valence-electron chi connectivity index (χ1n) is 12.5. The number of hydrogen-bond donors (Lipinski definition) is 0. The van der Waals surface area contributed by atoms with Crippen LogP contribution < -0.4 is 9.64 Å². The lowest BCUT2D eigenvalue weighted by molar-refractivity contribution is 0.0940. The average molecular weight is 452 g/mol. The van der Waals surface area contributed by atoms with Crippen LogP contribution in [0.3, 0.4) is 0 Å². The van der Waals surface area contributed by atoms with E-state index in [0.717, 1.165) is 76.1 Å². The van der Waals surface area contributed by atoms with Crippen LogP contribution in [0, 0.1) is 17.7 Å². The van der Waals surface area contributed by atoms with Gasteiger partial charge in [0.2, 0.25) is 0 Å². The predicted octanol–water partition coefficient (Wildman–Crippen LogP) is 4.75. The maximum atomic E-state index is 13.1. The molecule has 3 aliphatic rings. The van der Waals surface area contributed by atoms with E-state index in [4.69, 9.17) is 4.74 Å². The van der Waals surface area contributed by atoms with Crippen molar-refractivity contribution in [2.75, 3.05) is 44.2 Å². The second-order valence-electron chi connectivity index (χ2n) is 9.86. The molecule has 6 heteroatoms. The van der Waals surface area contributed by atoms with Gasteiger partial charge in [0.15, 0.2) is 17.4 Å². The van der Waals surface area contributed by atoms with Gasteiger partial charge in [-0.25, -0.2) is 9.37 Å². The molecule has 1 saturated heterocycles. The first-order valence-corrected chi connectivity index (χ1v) is 12.5. The fourth-order valence-corrected chi connectivity index (χ4v) is 5.61. The number of aromatic nitrogens is 1. The van der Waals surface area contributed by atoms with Gasteiger partial charge in [-0.2, -0.15) is 0 Å². The summed E-state index contributed by atoms with van der Waals surface area (Å²) in [6.45, 7) is 6.10. The smallest absolute Gasteiger partial charge is 0.171 e. The first kappa shape index (κ1) is 22.3. The molecule has 3 heterocycles. The van der Waals surface area contributed by atoms with Crippen LogP contribution in [0.1, 0.15) is 54.4 Å². The van der Waals surface area contributed by atoms with Crippen LogP contribution >= 0.6 is 0 Å². The summed E-state index contributed by atoms with van der Waals surface area (Å²) in [5.74, 6) is 3.14. The molecule has 33 heavy (non-hydrogen) atoms. The molecular weight excluding hydrogens is 417 g/mol. The molecule has 5 nitrogen and oxygen atoms in total. The summed E-state index contributed by atoms with van der Waals surface area (Å²) in [7, 11) is 0. The zero-order valence-electron chi connectivity index (χ0n) is 19.3. The lowest BCUT2D eigenvalue weighted by Gasteiger charge is -2.37. The molecule has 0 atom stereocenters. The van der Waals surface area contributed by atoms with Gasteiger partial charge < -0.3 is 9.64 Å². The summed E-state index contributed by atoms with van der Waals surface area (Å²) in [6, 6.07) is 8.05. The van der Waals surface area contributed by atoms with E-state index in [9.17, 15) is 9.18 Å². The number of anilines is 1. The number of piperazine rings is 1. The molecule has 5 rings (SSSR count). The molecule has 0 N–H and O–H groups in total. The number of pyridine rings is 1. The van der Waals surface area contributed by atoms with E-state index in [2.05, 4.69) is 20.9 Å². The molecule has 0 bridgehead atoms. The SMILES string of the molecule is O=C(CC1CCC(CCN2CCN(c3nccc4c3OCC4)CC2)CC1)c1ccc(F)cc1. The minimum absolute atomic E-state index is 0.153. The van der Waals surface area contributed by atoms with Gasteiger partial charge in [0, 0.05) is 56.3 Å². The average Bonchev–Trinajstić information content (AvgIpc) is 3.34. The summed E-state index contributed by atoms with van der Waals surface area (Å²) in [5, 5.41) is 0. The van der Waals surface area contributed by atoms with Crippen molar-refractivity contribution in [1.82, 2.24) is 9.88 Å². The largest absolute Gasteiger partial charge is 0.489 e. The molecule has 2 aromatic rings. The van der Waals surface area contributed by atoms with Crippen molar-refractivity contribution < 1.29 is 13.9 Å². The van der Waals surface area contributed by atoms with Crippen molar-refractivity contribution in [1.29, 1.82) is 0 Å². The van der Waals surface area contributed by atoms with Crippen LogP contribution in [0.4, 0.5) is 10.2 Å². The van der Waals surface area contributed by atoms with Crippen molar-refractivity contribution >= 4 is 11.6 Å². The second kappa shape index (κ2) is 10.2. The van der Waals surface area contributed by atoms with E-state index in [-0.39, 0.29) is 11.6 Å². The van der Waals surface area contributed by atoms with Gasteiger partial charge in [0.05, 0.1) is 6.61 Å². The molecule has 1 aromatic carbocycles. The van der Waals surface area contributed by atoms with Gasteiger partial charge in [0.25, 0.3) is 0 Å². The van der Waals surface area contributed by atoms with E-state index in [0.29, 0.717) is 17.9 Å². The van der Waals surface area contributed by atoms with Crippen LogP contribution in [0.2, 0.25) is 0 Å². The monoisotopic (exact) mass is 451 g/mol. The van der Waals surface area contributed by atoms with E-state index in [1.54, 1.807) is 12.1 Å². The fourth-order valence-electron chi connectivity index (χ4n) is 5.61. The maximum absolute atomic E-state index is 13.1. The molecule has 0 unspecified atom stereocenters. The van der Waals surface area contributed by atoms with Gasteiger partial charge in [-0.15, -0.1) is 0 Å². The third kappa shape index (κ3) is 5.37. The van der Waals surface area contributed by atoms with Crippen LogP contribution in [-0.2, 0) is 6.42 Å². The predicted molar refractivity (Wildman–Crippen MR) is 128 cm³/mol. The lowest BCUT2D eigenvalue weighted by Crippen LogP contribution is -2.47. The van der Waals surface area contributed by atoms with Gasteiger partial charge in [0.1, 0.15) is 5.82 Å². The molecule has 1 aliphatic carbocycles. The Bertz CT molecular complexity index is 948. The summed E-state index contributed by atoms with van der Waals surface area (Å²) < 4.78 is 18.9. The summed E-state index contributed by atoms with van der Waals surface area (Å²) in [4.78, 5) is 22.1. The number of hydrogen-bond acceptors (Lipinski definition) is 5.